The van der Waals surface area contributed by atoms with Crippen LogP contribution in [0.4, 0.5) is 0 Å². The molecule has 0 bridgehead atoms. The van der Waals surface area contributed by atoms with Gasteiger partial charge in [-0.3, -0.25) is 4.79 Å². The van der Waals surface area contributed by atoms with Crippen molar-refractivity contribution in [1.29, 1.82) is 0 Å². The lowest BCUT2D eigenvalue weighted by Crippen LogP contribution is -2.22. The molecule has 16 heavy (non-hydrogen) atoms. The molecule has 0 heterocycles. The van der Waals surface area contributed by atoms with E-state index in [1.807, 2.05) is 32.9 Å². The fourth-order valence-electron chi connectivity index (χ4n) is 2.41. The van der Waals surface area contributed by atoms with Gasteiger partial charge >= 0.3 is 0 Å². The van der Waals surface area contributed by atoms with Gasteiger partial charge in [0, 0.05) is 5.56 Å². The second kappa shape index (κ2) is 3.70. The molecular weight excluding hydrogens is 200 g/mol. The first-order chi connectivity index (χ1) is 7.50. The third kappa shape index (κ3) is 1.67. The Morgan fingerprint density at radius 1 is 1.25 bits per heavy atom. The molecular formula is C14H18O2. The highest BCUT2D eigenvalue weighted by Gasteiger charge is 2.49. The third-order valence-corrected chi connectivity index (χ3v) is 3.54. The summed E-state index contributed by atoms with van der Waals surface area (Å²) in [5.41, 5.74) is 3.60. The smallest absolute Gasteiger partial charge is 0.171 e. The Bertz CT molecular complexity index is 419. The van der Waals surface area contributed by atoms with E-state index in [0.717, 1.165) is 29.5 Å². The number of carbonyl (C=O) groups is 1. The maximum atomic E-state index is 12.4. The van der Waals surface area contributed by atoms with Gasteiger partial charge in [0.1, 0.15) is 0 Å². The summed E-state index contributed by atoms with van der Waals surface area (Å²) < 4.78 is 0. The first-order valence-electron chi connectivity index (χ1n) is 5.74. The molecule has 2 nitrogen and oxygen atoms in total. The second-order valence-corrected chi connectivity index (χ2v) is 5.04. The monoisotopic (exact) mass is 218 g/mol. The second-order valence-electron chi connectivity index (χ2n) is 5.04. The third-order valence-electron chi connectivity index (χ3n) is 3.54. The molecule has 0 unspecified atom stereocenters. The molecule has 86 valence electrons. The molecule has 1 fully saturated rings. The standard InChI is InChI=1S/C14H18O2/c1-9-6-10(2)12(11(3)7-9)13(16)14(8-15)4-5-14/h6-7,15H,4-5,8H2,1-3H3. The molecule has 0 spiro atoms. The number of hydrogen-bond donors (Lipinski definition) is 1. The summed E-state index contributed by atoms with van der Waals surface area (Å²) in [5, 5.41) is 9.30. The quantitative estimate of drug-likeness (QED) is 0.792. The van der Waals surface area contributed by atoms with Gasteiger partial charge in [0.05, 0.1) is 12.0 Å². The van der Waals surface area contributed by atoms with Crippen molar-refractivity contribution < 1.29 is 9.90 Å². The summed E-state index contributed by atoms with van der Waals surface area (Å²) in [7, 11) is 0. The number of aliphatic hydroxyl groups excluding tert-OH is 1. The Labute approximate surface area is 96.3 Å². The molecule has 0 aliphatic heterocycles. The topological polar surface area (TPSA) is 37.3 Å². The largest absolute Gasteiger partial charge is 0.395 e. The molecule has 1 saturated carbocycles. The SMILES string of the molecule is Cc1cc(C)c(C(=O)C2(CO)CC2)c(C)c1. The normalized spacial score (nSPS) is 17.2. The minimum absolute atomic E-state index is 0.0153. The molecule has 0 aromatic heterocycles. The van der Waals surface area contributed by atoms with Crippen LogP contribution in [-0.4, -0.2) is 17.5 Å². The lowest BCUT2D eigenvalue weighted by Gasteiger charge is -2.15. The van der Waals surface area contributed by atoms with Crippen LogP contribution in [0.1, 0.15) is 39.9 Å². The number of hydrogen-bond acceptors (Lipinski definition) is 2. The van der Waals surface area contributed by atoms with Crippen LogP contribution in [0.25, 0.3) is 0 Å². The lowest BCUT2D eigenvalue weighted by molar-refractivity contribution is 0.0828. The first-order valence-corrected chi connectivity index (χ1v) is 5.74. The van der Waals surface area contributed by atoms with Crippen LogP contribution < -0.4 is 0 Å². The van der Waals surface area contributed by atoms with Gasteiger partial charge in [0.15, 0.2) is 5.78 Å². The van der Waals surface area contributed by atoms with Gasteiger partial charge in [-0.1, -0.05) is 17.7 Å². The van der Waals surface area contributed by atoms with Crippen LogP contribution in [0.5, 0.6) is 0 Å². The molecule has 0 atom stereocenters. The van der Waals surface area contributed by atoms with Crippen LogP contribution in [0, 0.1) is 26.2 Å². The summed E-state index contributed by atoms with van der Waals surface area (Å²) in [6.45, 7) is 5.97. The van der Waals surface area contributed by atoms with Crippen molar-refractivity contribution in [3.8, 4) is 0 Å². The van der Waals surface area contributed by atoms with Crippen molar-refractivity contribution in [2.75, 3.05) is 6.61 Å². The van der Waals surface area contributed by atoms with Gasteiger partial charge in [0.2, 0.25) is 0 Å². The van der Waals surface area contributed by atoms with Crippen LogP contribution >= 0.6 is 0 Å². The molecule has 1 N–H and O–H groups in total. The Morgan fingerprint density at radius 3 is 2.12 bits per heavy atom. The minimum atomic E-state index is -0.454. The highest BCUT2D eigenvalue weighted by Crippen LogP contribution is 2.48. The van der Waals surface area contributed by atoms with Gasteiger partial charge in [0.25, 0.3) is 0 Å². The van der Waals surface area contributed by atoms with E-state index in [9.17, 15) is 9.90 Å². The van der Waals surface area contributed by atoms with E-state index in [-0.39, 0.29) is 12.4 Å². The van der Waals surface area contributed by atoms with Crippen molar-refractivity contribution in [3.05, 3.63) is 34.4 Å². The number of ketones is 1. The Morgan fingerprint density at radius 2 is 1.75 bits per heavy atom. The fraction of sp³-hybridized carbons (Fsp3) is 0.500. The Kier molecular flexibility index (Phi) is 2.62. The molecule has 0 amide bonds. The van der Waals surface area contributed by atoms with Gasteiger partial charge in [-0.15, -0.1) is 0 Å². The molecule has 2 rings (SSSR count). The zero-order chi connectivity index (χ0) is 11.9. The molecule has 2 heteroatoms. The molecule has 1 aliphatic carbocycles. The number of Topliss-reactive ketones (excluding diaryl/α,β-unsaturated/α-hetero) is 1. The lowest BCUT2D eigenvalue weighted by atomic mass is 9.88. The molecule has 0 saturated heterocycles. The van der Waals surface area contributed by atoms with Crippen molar-refractivity contribution in [3.63, 3.8) is 0 Å². The van der Waals surface area contributed by atoms with E-state index in [1.54, 1.807) is 0 Å². The van der Waals surface area contributed by atoms with E-state index < -0.39 is 5.41 Å². The Balaban J connectivity index is 2.45. The van der Waals surface area contributed by atoms with Crippen molar-refractivity contribution >= 4 is 5.78 Å². The summed E-state index contributed by atoms with van der Waals surface area (Å²) in [6, 6.07) is 4.07. The zero-order valence-electron chi connectivity index (χ0n) is 10.1. The fourth-order valence-corrected chi connectivity index (χ4v) is 2.41. The number of rotatable bonds is 3. The van der Waals surface area contributed by atoms with Crippen LogP contribution in [0.3, 0.4) is 0 Å². The predicted molar refractivity (Wildman–Crippen MR) is 63.7 cm³/mol. The number of carbonyl (C=O) groups excluding carboxylic acids is 1. The maximum Gasteiger partial charge on any atom is 0.171 e. The number of benzene rings is 1. The zero-order valence-corrected chi connectivity index (χ0v) is 10.1. The highest BCUT2D eigenvalue weighted by atomic mass is 16.3. The van der Waals surface area contributed by atoms with Gasteiger partial charge in [-0.25, -0.2) is 0 Å². The van der Waals surface area contributed by atoms with E-state index in [0.29, 0.717) is 0 Å². The van der Waals surface area contributed by atoms with Gasteiger partial charge in [-0.05, 0) is 44.7 Å². The van der Waals surface area contributed by atoms with Gasteiger partial charge < -0.3 is 5.11 Å². The first kappa shape index (κ1) is 11.3. The summed E-state index contributed by atoms with van der Waals surface area (Å²) in [6.07, 6.45) is 1.66. The summed E-state index contributed by atoms with van der Waals surface area (Å²) >= 11 is 0. The van der Waals surface area contributed by atoms with Crippen LogP contribution in [-0.2, 0) is 0 Å². The van der Waals surface area contributed by atoms with E-state index in [4.69, 9.17) is 0 Å². The Hall–Kier alpha value is -1.15. The van der Waals surface area contributed by atoms with E-state index in [1.165, 1.54) is 5.56 Å². The van der Waals surface area contributed by atoms with E-state index >= 15 is 0 Å². The van der Waals surface area contributed by atoms with Crippen molar-refractivity contribution in [2.24, 2.45) is 5.41 Å². The average Bonchev–Trinajstić information content (AvgIpc) is 2.96. The van der Waals surface area contributed by atoms with E-state index in [2.05, 4.69) is 0 Å². The number of aryl methyl sites for hydroxylation is 3. The summed E-state index contributed by atoms with van der Waals surface area (Å²) in [4.78, 5) is 12.4. The minimum Gasteiger partial charge on any atom is -0.395 e. The molecule has 1 aliphatic rings. The predicted octanol–water partition coefficient (Wildman–Crippen LogP) is 2.57. The summed E-state index contributed by atoms with van der Waals surface area (Å²) in [5.74, 6) is 0.130. The van der Waals surface area contributed by atoms with Crippen LogP contribution in [0.2, 0.25) is 0 Å². The van der Waals surface area contributed by atoms with Crippen molar-refractivity contribution in [1.82, 2.24) is 0 Å². The molecule has 1 aromatic carbocycles. The average molecular weight is 218 g/mol. The molecule has 1 aromatic rings. The van der Waals surface area contributed by atoms with Crippen molar-refractivity contribution in [2.45, 2.75) is 33.6 Å². The highest BCUT2D eigenvalue weighted by molar-refractivity contribution is 6.04. The molecule has 0 radical (unpaired) electrons. The van der Waals surface area contributed by atoms with Crippen LogP contribution in [0.15, 0.2) is 12.1 Å². The maximum absolute atomic E-state index is 12.4. The van der Waals surface area contributed by atoms with Gasteiger partial charge in [-0.2, -0.15) is 0 Å². The number of aliphatic hydroxyl groups is 1.